The van der Waals surface area contributed by atoms with Gasteiger partial charge in [0.05, 0.1) is 12.6 Å². The molecular formula is C29H31F2N7O3S. The van der Waals surface area contributed by atoms with E-state index in [2.05, 4.69) is 37.6 Å². The number of nitrogens with zero attached hydrogens (tertiary/aromatic N) is 5. The van der Waals surface area contributed by atoms with Crippen molar-refractivity contribution in [1.82, 2.24) is 29.7 Å². The predicted molar refractivity (Wildman–Crippen MR) is 158 cm³/mol. The van der Waals surface area contributed by atoms with Gasteiger partial charge in [0, 0.05) is 50.0 Å². The summed E-state index contributed by atoms with van der Waals surface area (Å²) < 4.78 is 41.6. The van der Waals surface area contributed by atoms with Crippen LogP contribution in [0.5, 0.6) is 17.4 Å². The minimum Gasteiger partial charge on any atom is -0.490 e. The van der Waals surface area contributed by atoms with E-state index in [1.807, 2.05) is 6.92 Å². The second-order valence-electron chi connectivity index (χ2n) is 10.0. The molecular weight excluding hydrogens is 564 g/mol. The number of rotatable bonds is 9. The molecule has 1 saturated heterocycles. The van der Waals surface area contributed by atoms with Gasteiger partial charge in [-0.05, 0) is 56.0 Å². The van der Waals surface area contributed by atoms with Crippen LogP contribution in [0.3, 0.4) is 0 Å². The van der Waals surface area contributed by atoms with Crippen molar-refractivity contribution >= 4 is 34.4 Å². The second kappa shape index (κ2) is 13.2. The monoisotopic (exact) mass is 595 g/mol. The molecule has 0 radical (unpaired) electrons. The van der Waals surface area contributed by atoms with Gasteiger partial charge in [-0.3, -0.25) is 9.69 Å². The zero-order chi connectivity index (χ0) is 29.6. The number of thiocarbonyl (C=S) groups is 1. The number of carbonyl (C=O) groups excluding carboxylic acids is 1. The normalized spacial score (nSPS) is 14.1. The highest BCUT2D eigenvalue weighted by Crippen LogP contribution is 2.33. The Hall–Kier alpha value is -4.20. The third-order valence-corrected chi connectivity index (χ3v) is 7.14. The average Bonchev–Trinajstić information content (AvgIpc) is 3.28. The van der Waals surface area contributed by atoms with E-state index in [-0.39, 0.29) is 29.0 Å². The summed E-state index contributed by atoms with van der Waals surface area (Å²) in [5.74, 6) is -0.651. The Morgan fingerprint density at radius 3 is 2.57 bits per heavy atom. The zero-order valence-corrected chi connectivity index (χ0v) is 24.1. The number of aryl methyl sites for hydroxylation is 1. The first-order valence-electron chi connectivity index (χ1n) is 13.4. The molecule has 0 spiro atoms. The van der Waals surface area contributed by atoms with Gasteiger partial charge in [-0.2, -0.15) is 10.1 Å². The van der Waals surface area contributed by atoms with Crippen molar-refractivity contribution in [3.8, 4) is 17.4 Å². The Kier molecular flexibility index (Phi) is 9.20. The molecule has 2 aromatic heterocycles. The fourth-order valence-electron chi connectivity index (χ4n) is 4.57. The minimum atomic E-state index is -0.662. The number of piperazine rings is 1. The molecule has 1 amide bonds. The third-order valence-electron chi connectivity index (χ3n) is 6.94. The molecule has 0 unspecified atom stereocenters. The molecule has 42 heavy (non-hydrogen) atoms. The van der Waals surface area contributed by atoms with E-state index in [1.165, 1.54) is 42.7 Å². The van der Waals surface area contributed by atoms with Crippen molar-refractivity contribution < 1.29 is 23.0 Å². The summed E-state index contributed by atoms with van der Waals surface area (Å²) in [7, 11) is 2.12. The average molecular weight is 596 g/mol. The lowest BCUT2D eigenvalue weighted by Crippen LogP contribution is -2.45. The van der Waals surface area contributed by atoms with E-state index in [1.54, 1.807) is 16.8 Å². The highest BCUT2D eigenvalue weighted by atomic mass is 32.1. The summed E-state index contributed by atoms with van der Waals surface area (Å²) in [4.78, 5) is 21.2. The smallest absolute Gasteiger partial charge is 0.247 e. The number of hydrogen-bond acceptors (Lipinski definition) is 8. The summed E-state index contributed by atoms with van der Waals surface area (Å²) >= 11 is 5.18. The number of hydrogen-bond donors (Lipinski definition) is 2. The van der Waals surface area contributed by atoms with Crippen molar-refractivity contribution in [3.63, 3.8) is 0 Å². The third kappa shape index (κ3) is 7.35. The SMILES string of the molecule is Cc1c(OCCN2CCN(C)CC2)cn2ncnc(Oc3ccc(NC(=S)NC(=O)Cc4ccc(F)cc4)cc3F)c12. The van der Waals surface area contributed by atoms with Crippen molar-refractivity contribution in [1.29, 1.82) is 0 Å². The summed E-state index contributed by atoms with van der Waals surface area (Å²) in [5, 5.41) is 9.56. The maximum Gasteiger partial charge on any atom is 0.247 e. The quantitative estimate of drug-likeness (QED) is 0.280. The number of aromatic nitrogens is 3. The Bertz CT molecular complexity index is 1570. The zero-order valence-electron chi connectivity index (χ0n) is 23.3. The van der Waals surface area contributed by atoms with Crippen molar-refractivity contribution in [2.45, 2.75) is 13.3 Å². The van der Waals surface area contributed by atoms with E-state index in [0.717, 1.165) is 38.3 Å². The number of anilines is 1. The second-order valence-corrected chi connectivity index (χ2v) is 10.4. The van der Waals surface area contributed by atoms with Crippen molar-refractivity contribution in [3.05, 3.63) is 77.8 Å². The molecule has 10 nitrogen and oxygen atoms in total. The highest BCUT2D eigenvalue weighted by molar-refractivity contribution is 7.80. The first-order valence-corrected chi connectivity index (χ1v) is 13.9. The van der Waals surface area contributed by atoms with Gasteiger partial charge >= 0.3 is 0 Å². The van der Waals surface area contributed by atoms with Crippen molar-refractivity contribution in [2.75, 3.05) is 51.7 Å². The maximum absolute atomic E-state index is 15.0. The van der Waals surface area contributed by atoms with Crippen LogP contribution in [0.15, 0.2) is 55.0 Å². The molecule has 3 heterocycles. The number of benzene rings is 2. The van der Waals surface area contributed by atoms with Gasteiger partial charge in [-0.1, -0.05) is 12.1 Å². The maximum atomic E-state index is 15.0. The molecule has 0 atom stereocenters. The Morgan fingerprint density at radius 2 is 1.83 bits per heavy atom. The number of fused-ring (bicyclic) bond motifs is 1. The van der Waals surface area contributed by atoms with Gasteiger partial charge in [0.1, 0.15) is 30.0 Å². The van der Waals surface area contributed by atoms with Crippen LogP contribution >= 0.6 is 12.2 Å². The molecule has 5 rings (SSSR count). The molecule has 0 aliphatic carbocycles. The van der Waals surface area contributed by atoms with E-state index in [9.17, 15) is 9.18 Å². The molecule has 1 aliphatic rings. The first kappa shape index (κ1) is 29.3. The molecule has 220 valence electrons. The molecule has 2 N–H and O–H groups in total. The lowest BCUT2D eigenvalue weighted by atomic mass is 10.1. The van der Waals surface area contributed by atoms with E-state index < -0.39 is 11.7 Å². The molecule has 4 aromatic rings. The van der Waals surface area contributed by atoms with Crippen molar-refractivity contribution in [2.24, 2.45) is 0 Å². The van der Waals surface area contributed by atoms with Gasteiger partial charge in [-0.25, -0.2) is 13.3 Å². The van der Waals surface area contributed by atoms with Crippen LogP contribution in [0, 0.1) is 18.6 Å². The van der Waals surface area contributed by atoms with E-state index in [4.69, 9.17) is 21.7 Å². The molecule has 1 fully saturated rings. The fourth-order valence-corrected chi connectivity index (χ4v) is 4.80. The van der Waals surface area contributed by atoms with Gasteiger partial charge < -0.3 is 25.0 Å². The van der Waals surface area contributed by atoms with Gasteiger partial charge in [0.2, 0.25) is 11.8 Å². The lowest BCUT2D eigenvalue weighted by Gasteiger charge is -2.32. The topological polar surface area (TPSA) is 96.3 Å². The summed E-state index contributed by atoms with van der Waals surface area (Å²) in [6.07, 6.45) is 3.10. The Labute approximate surface area is 247 Å². The number of halogens is 2. The molecule has 0 bridgehead atoms. The fraction of sp³-hybridized carbons (Fsp3) is 0.310. The number of likely N-dealkylation sites (N-methyl/N-ethyl adjacent to an activating group) is 1. The van der Waals surface area contributed by atoms with Gasteiger partial charge in [0.25, 0.3) is 0 Å². The molecule has 2 aromatic carbocycles. The molecule has 1 aliphatic heterocycles. The van der Waals surface area contributed by atoms with Crippen LogP contribution in [-0.4, -0.2) is 81.8 Å². The van der Waals surface area contributed by atoms with Crippen LogP contribution in [0.2, 0.25) is 0 Å². The standard InChI is InChI=1S/C29H31F2N7O3S/c1-19-25(40-14-13-37-11-9-36(2)10-12-37)17-38-27(19)28(32-18-33-38)41-24-8-7-22(16-23(24)31)34-29(42)35-26(39)15-20-3-5-21(30)6-4-20/h3-8,16-18H,9-15H2,1-2H3,(H2,34,35,39,42). The number of nitrogens with one attached hydrogen (secondary N) is 2. The summed E-state index contributed by atoms with van der Waals surface area (Å²) in [6, 6.07) is 9.79. The summed E-state index contributed by atoms with van der Waals surface area (Å²) in [5.41, 5.74) is 2.29. The van der Waals surface area contributed by atoms with Gasteiger partial charge in [-0.15, -0.1) is 0 Å². The predicted octanol–water partition coefficient (Wildman–Crippen LogP) is 3.79. The number of carbonyl (C=O) groups is 1. The number of amides is 1. The molecule has 13 heteroatoms. The highest BCUT2D eigenvalue weighted by Gasteiger charge is 2.18. The summed E-state index contributed by atoms with van der Waals surface area (Å²) in [6.45, 7) is 7.34. The van der Waals surface area contributed by atoms with Crippen LogP contribution in [0.25, 0.3) is 5.52 Å². The van der Waals surface area contributed by atoms with Crippen LogP contribution in [0.1, 0.15) is 11.1 Å². The van der Waals surface area contributed by atoms with Crippen LogP contribution in [0.4, 0.5) is 14.5 Å². The van der Waals surface area contributed by atoms with E-state index >= 15 is 4.39 Å². The number of ether oxygens (including phenoxy) is 2. The molecule has 0 saturated carbocycles. The van der Waals surface area contributed by atoms with Crippen LogP contribution < -0.4 is 20.1 Å². The Balaban J connectivity index is 1.19. The first-order chi connectivity index (χ1) is 20.2. The minimum absolute atomic E-state index is 0.00310. The van der Waals surface area contributed by atoms with Crippen LogP contribution in [-0.2, 0) is 11.2 Å². The lowest BCUT2D eigenvalue weighted by molar-refractivity contribution is -0.119. The van der Waals surface area contributed by atoms with Gasteiger partial charge in [0.15, 0.2) is 16.7 Å². The van der Waals surface area contributed by atoms with E-state index in [0.29, 0.717) is 29.1 Å². The largest absolute Gasteiger partial charge is 0.490 e. The Morgan fingerprint density at radius 1 is 1.07 bits per heavy atom.